The lowest BCUT2D eigenvalue weighted by Gasteiger charge is -2.19. The smallest absolute Gasteiger partial charge is 0.336 e. The van der Waals surface area contributed by atoms with Crippen LogP contribution >= 0.6 is 12.6 Å². The van der Waals surface area contributed by atoms with E-state index < -0.39 is 17.5 Å². The predicted octanol–water partition coefficient (Wildman–Crippen LogP) is 2.84. The van der Waals surface area contributed by atoms with Crippen LogP contribution in [0.3, 0.4) is 0 Å². The quantitative estimate of drug-likeness (QED) is 0.646. The van der Waals surface area contributed by atoms with Gasteiger partial charge in [0, 0.05) is 4.90 Å². The lowest BCUT2D eigenvalue weighted by molar-refractivity contribution is -0.160. The van der Waals surface area contributed by atoms with E-state index in [0.29, 0.717) is 16.0 Å². The van der Waals surface area contributed by atoms with E-state index >= 15 is 0 Å². The van der Waals surface area contributed by atoms with Crippen LogP contribution in [0, 0.1) is 6.92 Å². The Kier molecular flexibility index (Phi) is 5.80. The van der Waals surface area contributed by atoms with Gasteiger partial charge in [0.25, 0.3) is 0 Å². The normalized spacial score (nSPS) is 11.3. The van der Waals surface area contributed by atoms with Gasteiger partial charge >= 0.3 is 11.9 Å². The van der Waals surface area contributed by atoms with Crippen LogP contribution in [-0.4, -0.2) is 29.3 Å². The summed E-state index contributed by atoms with van der Waals surface area (Å²) in [7, 11) is 0. The van der Waals surface area contributed by atoms with E-state index in [4.69, 9.17) is 14.6 Å². The number of carboxylic acids is 1. The van der Waals surface area contributed by atoms with Gasteiger partial charge in [-0.3, -0.25) is 0 Å². The van der Waals surface area contributed by atoms with Crippen LogP contribution in [0.15, 0.2) is 17.0 Å². The van der Waals surface area contributed by atoms with Crippen LogP contribution in [0.2, 0.25) is 0 Å². The molecule has 6 heteroatoms. The van der Waals surface area contributed by atoms with E-state index in [1.54, 1.807) is 33.8 Å². The van der Waals surface area contributed by atoms with Gasteiger partial charge in [-0.05, 0) is 51.0 Å². The van der Waals surface area contributed by atoms with Gasteiger partial charge in [0.1, 0.15) is 12.2 Å². The Balaban J connectivity index is 2.68. The van der Waals surface area contributed by atoms with Crippen LogP contribution in [0.4, 0.5) is 0 Å². The van der Waals surface area contributed by atoms with Crippen molar-refractivity contribution in [2.24, 2.45) is 0 Å². The van der Waals surface area contributed by atoms with Crippen molar-refractivity contribution in [1.82, 2.24) is 0 Å². The molecule has 5 nitrogen and oxygen atoms in total. The van der Waals surface area contributed by atoms with E-state index in [0.717, 1.165) is 0 Å². The topological polar surface area (TPSA) is 72.8 Å². The number of esters is 1. The third-order valence-corrected chi connectivity index (χ3v) is 2.89. The molecule has 0 aliphatic carbocycles. The van der Waals surface area contributed by atoms with Gasteiger partial charge in [0.15, 0.2) is 0 Å². The van der Waals surface area contributed by atoms with E-state index in [2.05, 4.69) is 12.6 Å². The average molecular weight is 312 g/mol. The summed E-state index contributed by atoms with van der Waals surface area (Å²) in [5.41, 5.74) is 0.906. The minimum Gasteiger partial charge on any atom is -0.478 e. The highest BCUT2D eigenvalue weighted by Gasteiger charge is 2.17. The molecule has 116 valence electrons. The first-order valence-corrected chi connectivity index (χ1v) is 6.90. The van der Waals surface area contributed by atoms with Gasteiger partial charge in [0.2, 0.25) is 0 Å². The van der Waals surface area contributed by atoms with Crippen molar-refractivity contribution in [1.29, 1.82) is 0 Å². The molecule has 0 spiro atoms. The number of carbonyl (C=O) groups is 2. The fraction of sp³-hybridized carbons (Fsp3) is 0.467. The van der Waals surface area contributed by atoms with Crippen molar-refractivity contribution in [3.8, 4) is 0 Å². The number of hydrogen-bond acceptors (Lipinski definition) is 5. The summed E-state index contributed by atoms with van der Waals surface area (Å²) in [6.45, 7) is 6.97. The molecule has 0 saturated carbocycles. The van der Waals surface area contributed by atoms with Crippen molar-refractivity contribution in [3.63, 3.8) is 0 Å². The number of benzene rings is 1. The molecule has 0 fully saturated rings. The molecule has 0 aromatic heterocycles. The molecular formula is C15H20O5S. The van der Waals surface area contributed by atoms with Crippen molar-refractivity contribution in [2.75, 3.05) is 6.61 Å². The van der Waals surface area contributed by atoms with E-state index in [9.17, 15) is 9.59 Å². The Morgan fingerprint density at radius 2 is 1.90 bits per heavy atom. The Bertz CT molecular complexity index is 546. The summed E-state index contributed by atoms with van der Waals surface area (Å²) in [4.78, 5) is 23.2. The largest absolute Gasteiger partial charge is 0.478 e. The molecule has 1 N–H and O–H groups in total. The summed E-state index contributed by atoms with van der Waals surface area (Å²) in [6.07, 6.45) is 0. The predicted molar refractivity (Wildman–Crippen MR) is 80.9 cm³/mol. The Morgan fingerprint density at radius 1 is 1.29 bits per heavy atom. The third kappa shape index (κ3) is 5.77. The van der Waals surface area contributed by atoms with Gasteiger partial charge in [-0.2, -0.15) is 0 Å². The number of thiol groups is 1. The van der Waals surface area contributed by atoms with Crippen LogP contribution in [0.5, 0.6) is 0 Å². The first-order valence-electron chi connectivity index (χ1n) is 6.45. The summed E-state index contributed by atoms with van der Waals surface area (Å²) in [5.74, 6) is -1.47. The maximum absolute atomic E-state index is 11.5. The van der Waals surface area contributed by atoms with E-state index in [1.165, 1.54) is 6.07 Å². The highest BCUT2D eigenvalue weighted by Crippen LogP contribution is 2.20. The van der Waals surface area contributed by atoms with Gasteiger partial charge in [0.05, 0.1) is 12.2 Å². The molecular weight excluding hydrogens is 292 g/mol. The van der Waals surface area contributed by atoms with Crippen molar-refractivity contribution < 1.29 is 24.2 Å². The fourth-order valence-electron chi connectivity index (χ4n) is 1.74. The molecule has 0 unspecified atom stereocenters. The van der Waals surface area contributed by atoms with Crippen LogP contribution in [0.25, 0.3) is 0 Å². The second-order valence-electron chi connectivity index (χ2n) is 5.66. The van der Waals surface area contributed by atoms with Crippen LogP contribution in [-0.2, 0) is 20.9 Å². The zero-order chi connectivity index (χ0) is 16.2. The minimum atomic E-state index is -1.02. The summed E-state index contributed by atoms with van der Waals surface area (Å²) >= 11 is 4.17. The van der Waals surface area contributed by atoms with E-state index in [1.807, 2.05) is 0 Å². The molecule has 0 saturated heterocycles. The Hall–Kier alpha value is -1.53. The molecule has 1 aromatic rings. The highest BCUT2D eigenvalue weighted by atomic mass is 32.1. The molecule has 0 bridgehead atoms. The van der Waals surface area contributed by atoms with Gasteiger partial charge < -0.3 is 14.6 Å². The van der Waals surface area contributed by atoms with E-state index in [-0.39, 0.29) is 18.8 Å². The monoisotopic (exact) mass is 312 g/mol. The summed E-state index contributed by atoms with van der Waals surface area (Å²) in [5, 5.41) is 9.11. The second kappa shape index (κ2) is 6.95. The number of hydrogen-bond donors (Lipinski definition) is 2. The molecule has 21 heavy (non-hydrogen) atoms. The molecule has 0 heterocycles. The van der Waals surface area contributed by atoms with Gasteiger partial charge in [-0.15, -0.1) is 12.6 Å². The number of ether oxygens (including phenoxy) is 2. The standard InChI is InChI=1S/C15H20O5S/c1-9-10(5-11(21)6-12(9)14(17)18)7-19-8-13(16)20-15(2,3)4/h5-6,21H,7-8H2,1-4H3,(H,17,18). The van der Waals surface area contributed by atoms with Gasteiger partial charge in [-0.25, -0.2) is 9.59 Å². The van der Waals surface area contributed by atoms with Gasteiger partial charge in [-0.1, -0.05) is 0 Å². The molecule has 0 atom stereocenters. The van der Waals surface area contributed by atoms with Crippen molar-refractivity contribution >= 4 is 24.6 Å². The molecule has 0 radical (unpaired) electrons. The zero-order valence-electron chi connectivity index (χ0n) is 12.6. The fourth-order valence-corrected chi connectivity index (χ4v) is 2.03. The maximum Gasteiger partial charge on any atom is 0.336 e. The average Bonchev–Trinajstić information content (AvgIpc) is 2.30. The highest BCUT2D eigenvalue weighted by molar-refractivity contribution is 7.80. The van der Waals surface area contributed by atoms with Crippen molar-refractivity contribution in [3.05, 3.63) is 28.8 Å². The lowest BCUT2D eigenvalue weighted by Crippen LogP contribution is -2.26. The first-order chi connectivity index (χ1) is 9.60. The zero-order valence-corrected chi connectivity index (χ0v) is 13.5. The Morgan fingerprint density at radius 3 is 2.43 bits per heavy atom. The lowest BCUT2D eigenvalue weighted by atomic mass is 10.0. The van der Waals surface area contributed by atoms with Crippen LogP contribution < -0.4 is 0 Å². The first kappa shape index (κ1) is 17.5. The number of aromatic carboxylic acids is 1. The number of carbonyl (C=O) groups excluding carboxylic acids is 1. The van der Waals surface area contributed by atoms with Crippen molar-refractivity contribution in [2.45, 2.75) is 44.8 Å². The SMILES string of the molecule is Cc1c(COCC(=O)OC(C)(C)C)cc(S)cc1C(=O)O. The summed E-state index contributed by atoms with van der Waals surface area (Å²) in [6, 6.07) is 3.21. The second-order valence-corrected chi connectivity index (χ2v) is 6.18. The molecule has 0 aliphatic heterocycles. The Labute approximate surface area is 129 Å². The van der Waals surface area contributed by atoms with Crippen LogP contribution in [0.1, 0.15) is 42.3 Å². The molecule has 0 aliphatic rings. The number of carboxylic acid groups (broad SMARTS) is 1. The minimum absolute atomic E-state index is 0.125. The molecule has 0 amide bonds. The molecule has 1 rings (SSSR count). The third-order valence-electron chi connectivity index (χ3n) is 2.63. The number of rotatable bonds is 5. The maximum atomic E-state index is 11.5. The summed E-state index contributed by atoms with van der Waals surface area (Å²) < 4.78 is 10.4. The molecule has 1 aromatic carbocycles.